The van der Waals surface area contributed by atoms with Crippen LogP contribution in [-0.4, -0.2) is 23.4 Å². The first-order valence-electron chi connectivity index (χ1n) is 5.22. The van der Waals surface area contributed by atoms with Crippen LogP contribution in [0.4, 0.5) is 0 Å². The number of carbonyl (C=O) groups excluding carboxylic acids is 1. The number of halogens is 1. The molecular formula is C12H16ClNO2. The maximum atomic E-state index is 11.5. The molecule has 3 nitrogen and oxygen atoms in total. The SMILES string of the molecule is CC(CCl)CNC(=O)Cc1cccc(O)c1. The average molecular weight is 242 g/mol. The van der Waals surface area contributed by atoms with E-state index in [1.54, 1.807) is 18.2 Å². The zero-order valence-corrected chi connectivity index (χ0v) is 10.00. The number of amides is 1. The number of phenols is 1. The fraction of sp³-hybridized carbons (Fsp3) is 0.417. The second-order valence-corrected chi connectivity index (χ2v) is 4.22. The van der Waals surface area contributed by atoms with Gasteiger partial charge in [0.05, 0.1) is 6.42 Å². The highest BCUT2D eigenvalue weighted by Gasteiger charge is 2.05. The van der Waals surface area contributed by atoms with Gasteiger partial charge in [0.15, 0.2) is 0 Å². The number of alkyl halides is 1. The highest BCUT2D eigenvalue weighted by atomic mass is 35.5. The molecule has 1 rings (SSSR count). The van der Waals surface area contributed by atoms with Crippen LogP contribution < -0.4 is 5.32 Å². The molecule has 0 aliphatic carbocycles. The summed E-state index contributed by atoms with van der Waals surface area (Å²) >= 11 is 5.63. The largest absolute Gasteiger partial charge is 0.508 e. The Labute approximate surface area is 100 Å². The minimum absolute atomic E-state index is 0.0532. The predicted molar refractivity (Wildman–Crippen MR) is 64.7 cm³/mol. The van der Waals surface area contributed by atoms with Gasteiger partial charge in [0.25, 0.3) is 0 Å². The lowest BCUT2D eigenvalue weighted by atomic mass is 10.1. The summed E-state index contributed by atoms with van der Waals surface area (Å²) in [4.78, 5) is 11.5. The molecule has 1 atom stereocenters. The van der Waals surface area contributed by atoms with Gasteiger partial charge in [-0.05, 0) is 23.6 Å². The Morgan fingerprint density at radius 2 is 2.31 bits per heavy atom. The molecule has 0 aliphatic heterocycles. The summed E-state index contributed by atoms with van der Waals surface area (Å²) < 4.78 is 0. The first-order chi connectivity index (χ1) is 7.61. The van der Waals surface area contributed by atoms with E-state index in [-0.39, 0.29) is 24.0 Å². The monoisotopic (exact) mass is 241 g/mol. The van der Waals surface area contributed by atoms with Gasteiger partial charge in [-0.25, -0.2) is 0 Å². The van der Waals surface area contributed by atoms with Gasteiger partial charge in [0.2, 0.25) is 5.91 Å². The molecule has 0 heterocycles. The number of carbonyl (C=O) groups is 1. The fourth-order valence-electron chi connectivity index (χ4n) is 1.26. The first kappa shape index (κ1) is 12.8. The van der Waals surface area contributed by atoms with Crippen LogP contribution in [0, 0.1) is 5.92 Å². The number of hydrogen-bond acceptors (Lipinski definition) is 2. The van der Waals surface area contributed by atoms with Crippen molar-refractivity contribution in [1.82, 2.24) is 5.32 Å². The molecule has 0 radical (unpaired) electrons. The van der Waals surface area contributed by atoms with Crippen molar-refractivity contribution in [2.45, 2.75) is 13.3 Å². The summed E-state index contributed by atoms with van der Waals surface area (Å²) in [6.45, 7) is 2.56. The molecular weight excluding hydrogens is 226 g/mol. The number of rotatable bonds is 5. The molecule has 4 heteroatoms. The molecule has 16 heavy (non-hydrogen) atoms. The van der Waals surface area contributed by atoms with Crippen molar-refractivity contribution >= 4 is 17.5 Å². The van der Waals surface area contributed by atoms with Gasteiger partial charge >= 0.3 is 0 Å². The van der Waals surface area contributed by atoms with Gasteiger partial charge < -0.3 is 10.4 Å². The van der Waals surface area contributed by atoms with E-state index in [1.807, 2.05) is 13.0 Å². The van der Waals surface area contributed by atoms with E-state index in [9.17, 15) is 9.90 Å². The third-order valence-corrected chi connectivity index (χ3v) is 2.71. The third-order valence-electron chi connectivity index (χ3n) is 2.19. The molecule has 0 saturated heterocycles. The van der Waals surface area contributed by atoms with Crippen molar-refractivity contribution in [3.05, 3.63) is 29.8 Å². The number of phenolic OH excluding ortho intramolecular Hbond substituents is 1. The maximum Gasteiger partial charge on any atom is 0.224 e. The summed E-state index contributed by atoms with van der Waals surface area (Å²) in [5, 5.41) is 12.0. The molecule has 1 aromatic rings. The quantitative estimate of drug-likeness (QED) is 0.774. The van der Waals surface area contributed by atoms with Crippen LogP contribution in [-0.2, 0) is 11.2 Å². The van der Waals surface area contributed by atoms with E-state index in [0.717, 1.165) is 5.56 Å². The summed E-state index contributed by atoms with van der Waals surface area (Å²) in [5.41, 5.74) is 0.802. The van der Waals surface area contributed by atoms with Gasteiger partial charge in [0.1, 0.15) is 5.75 Å². The second-order valence-electron chi connectivity index (χ2n) is 3.91. The van der Waals surface area contributed by atoms with E-state index in [1.165, 1.54) is 0 Å². The average Bonchev–Trinajstić information content (AvgIpc) is 2.26. The molecule has 1 aromatic carbocycles. The van der Waals surface area contributed by atoms with Crippen molar-refractivity contribution in [1.29, 1.82) is 0 Å². The first-order valence-corrected chi connectivity index (χ1v) is 5.76. The van der Waals surface area contributed by atoms with Crippen LogP contribution in [0.15, 0.2) is 24.3 Å². The topological polar surface area (TPSA) is 49.3 Å². The van der Waals surface area contributed by atoms with Crippen LogP contribution in [0.2, 0.25) is 0 Å². The summed E-state index contributed by atoms with van der Waals surface area (Å²) in [5.74, 6) is 0.934. The predicted octanol–water partition coefficient (Wildman–Crippen LogP) is 1.93. The van der Waals surface area contributed by atoms with Crippen molar-refractivity contribution in [2.24, 2.45) is 5.92 Å². The van der Waals surface area contributed by atoms with E-state index >= 15 is 0 Å². The zero-order chi connectivity index (χ0) is 12.0. The molecule has 0 bridgehead atoms. The normalized spacial score (nSPS) is 12.1. The van der Waals surface area contributed by atoms with Gasteiger partial charge in [-0.2, -0.15) is 0 Å². The van der Waals surface area contributed by atoms with Crippen molar-refractivity contribution in [3.8, 4) is 5.75 Å². The summed E-state index contributed by atoms with van der Waals surface area (Å²) in [7, 11) is 0. The van der Waals surface area contributed by atoms with Crippen molar-refractivity contribution in [2.75, 3.05) is 12.4 Å². The van der Waals surface area contributed by atoms with Crippen molar-refractivity contribution < 1.29 is 9.90 Å². The van der Waals surface area contributed by atoms with Crippen LogP contribution in [0.5, 0.6) is 5.75 Å². The third kappa shape index (κ3) is 4.53. The van der Waals surface area contributed by atoms with E-state index in [2.05, 4.69) is 5.32 Å². The maximum absolute atomic E-state index is 11.5. The Hall–Kier alpha value is -1.22. The minimum Gasteiger partial charge on any atom is -0.508 e. The molecule has 0 aromatic heterocycles. The van der Waals surface area contributed by atoms with Gasteiger partial charge in [-0.1, -0.05) is 19.1 Å². The number of benzene rings is 1. The smallest absolute Gasteiger partial charge is 0.224 e. The Morgan fingerprint density at radius 1 is 1.56 bits per heavy atom. The molecule has 0 aliphatic rings. The second kappa shape index (κ2) is 6.38. The van der Waals surface area contributed by atoms with Crippen LogP contribution >= 0.6 is 11.6 Å². The summed E-state index contributed by atoms with van der Waals surface area (Å²) in [6.07, 6.45) is 0.281. The minimum atomic E-state index is -0.0532. The molecule has 88 valence electrons. The number of aromatic hydroxyl groups is 1. The lowest BCUT2D eigenvalue weighted by Crippen LogP contribution is -2.30. The van der Waals surface area contributed by atoms with Gasteiger partial charge in [0, 0.05) is 12.4 Å². The number of hydrogen-bond donors (Lipinski definition) is 2. The lowest BCUT2D eigenvalue weighted by molar-refractivity contribution is -0.120. The Bertz CT molecular complexity index is 355. The molecule has 1 unspecified atom stereocenters. The lowest BCUT2D eigenvalue weighted by Gasteiger charge is -2.09. The molecule has 0 fully saturated rings. The molecule has 0 spiro atoms. The summed E-state index contributed by atoms with van der Waals surface area (Å²) in [6, 6.07) is 6.70. The van der Waals surface area contributed by atoms with Gasteiger partial charge in [-0.3, -0.25) is 4.79 Å². The Morgan fingerprint density at radius 3 is 2.94 bits per heavy atom. The number of nitrogens with one attached hydrogen (secondary N) is 1. The Kier molecular flexibility index (Phi) is 5.12. The van der Waals surface area contributed by atoms with Crippen LogP contribution in [0.25, 0.3) is 0 Å². The van der Waals surface area contributed by atoms with Crippen LogP contribution in [0.3, 0.4) is 0 Å². The van der Waals surface area contributed by atoms with Gasteiger partial charge in [-0.15, -0.1) is 11.6 Å². The zero-order valence-electron chi connectivity index (χ0n) is 9.24. The fourth-order valence-corrected chi connectivity index (χ4v) is 1.37. The van der Waals surface area contributed by atoms with E-state index in [0.29, 0.717) is 12.4 Å². The molecule has 1 amide bonds. The standard InChI is InChI=1S/C12H16ClNO2/c1-9(7-13)8-14-12(16)6-10-3-2-4-11(15)5-10/h2-5,9,15H,6-8H2,1H3,(H,14,16). The molecule has 0 saturated carbocycles. The highest BCUT2D eigenvalue weighted by Crippen LogP contribution is 2.11. The molecule has 2 N–H and O–H groups in total. The Balaban J connectivity index is 2.40. The van der Waals surface area contributed by atoms with Crippen LogP contribution in [0.1, 0.15) is 12.5 Å². The van der Waals surface area contributed by atoms with E-state index < -0.39 is 0 Å². The highest BCUT2D eigenvalue weighted by molar-refractivity contribution is 6.18. The van der Waals surface area contributed by atoms with E-state index in [4.69, 9.17) is 11.6 Å². The van der Waals surface area contributed by atoms with Crippen molar-refractivity contribution in [3.63, 3.8) is 0 Å².